The zero-order valence-electron chi connectivity index (χ0n) is 12.6. The minimum atomic E-state index is -1.09. The molecule has 0 heterocycles. The molecule has 1 amide bonds. The van der Waals surface area contributed by atoms with E-state index < -0.39 is 23.7 Å². The molecule has 2 N–H and O–H groups in total. The van der Waals surface area contributed by atoms with E-state index in [4.69, 9.17) is 4.74 Å². The Labute approximate surface area is 129 Å². The Morgan fingerprint density at radius 1 is 1.24 bits per heavy atom. The van der Waals surface area contributed by atoms with E-state index in [-0.39, 0.29) is 5.25 Å². The van der Waals surface area contributed by atoms with Crippen LogP contribution in [0.5, 0.6) is 0 Å². The second kappa shape index (κ2) is 7.36. The van der Waals surface area contributed by atoms with Crippen molar-refractivity contribution >= 4 is 23.8 Å². The number of benzene rings is 1. The van der Waals surface area contributed by atoms with E-state index in [1.165, 1.54) is 11.8 Å². The minimum Gasteiger partial charge on any atom is -0.480 e. The number of hydrogen-bond donors (Lipinski definition) is 2. The van der Waals surface area contributed by atoms with Gasteiger partial charge < -0.3 is 15.2 Å². The summed E-state index contributed by atoms with van der Waals surface area (Å²) >= 11 is 1.39. The summed E-state index contributed by atoms with van der Waals surface area (Å²) in [4.78, 5) is 24.0. The number of carboxylic acids is 1. The van der Waals surface area contributed by atoms with Gasteiger partial charge in [-0.3, -0.25) is 0 Å². The molecule has 0 spiro atoms. The van der Waals surface area contributed by atoms with E-state index in [1.807, 2.05) is 30.3 Å². The second-order valence-electron chi connectivity index (χ2n) is 5.60. The number of nitrogens with one attached hydrogen (secondary N) is 1. The lowest BCUT2D eigenvalue weighted by Crippen LogP contribution is -2.48. The van der Waals surface area contributed by atoms with Crippen molar-refractivity contribution in [2.24, 2.45) is 0 Å². The van der Waals surface area contributed by atoms with Crippen LogP contribution in [0.2, 0.25) is 0 Å². The molecule has 6 heteroatoms. The number of carboxylic acid groups (broad SMARTS) is 1. The minimum absolute atomic E-state index is 0.336. The summed E-state index contributed by atoms with van der Waals surface area (Å²) < 4.78 is 5.10. The van der Waals surface area contributed by atoms with Crippen LogP contribution in [0.25, 0.3) is 0 Å². The molecule has 0 aliphatic heterocycles. The molecular weight excluding hydrogens is 290 g/mol. The highest BCUT2D eigenvalue weighted by atomic mass is 32.2. The first-order chi connectivity index (χ1) is 9.69. The summed E-state index contributed by atoms with van der Waals surface area (Å²) in [5.41, 5.74) is -0.664. The Kier molecular flexibility index (Phi) is 6.08. The topological polar surface area (TPSA) is 75.6 Å². The number of thioether (sulfide) groups is 1. The van der Waals surface area contributed by atoms with Crippen molar-refractivity contribution in [1.82, 2.24) is 5.32 Å². The van der Waals surface area contributed by atoms with Crippen molar-refractivity contribution in [2.75, 3.05) is 0 Å². The van der Waals surface area contributed by atoms with Crippen LogP contribution in [0, 0.1) is 0 Å². The highest BCUT2D eigenvalue weighted by molar-refractivity contribution is 8.00. The Hall–Kier alpha value is -1.69. The summed E-state index contributed by atoms with van der Waals surface area (Å²) in [6.45, 7) is 6.94. The van der Waals surface area contributed by atoms with Crippen LogP contribution in [0.4, 0.5) is 4.79 Å². The highest BCUT2D eigenvalue weighted by Gasteiger charge is 2.29. The maximum atomic E-state index is 11.7. The molecule has 116 valence electrons. The van der Waals surface area contributed by atoms with Crippen LogP contribution in [-0.2, 0) is 9.53 Å². The summed E-state index contributed by atoms with van der Waals surface area (Å²) in [6.07, 6.45) is -0.726. The van der Waals surface area contributed by atoms with E-state index in [0.29, 0.717) is 0 Å². The fourth-order valence-corrected chi connectivity index (χ4v) is 2.66. The maximum absolute atomic E-state index is 11.7. The Morgan fingerprint density at radius 2 is 1.81 bits per heavy atom. The van der Waals surface area contributed by atoms with Gasteiger partial charge in [0.15, 0.2) is 0 Å². The van der Waals surface area contributed by atoms with Gasteiger partial charge in [0.05, 0.1) is 0 Å². The lowest BCUT2D eigenvalue weighted by Gasteiger charge is -2.24. The smallest absolute Gasteiger partial charge is 0.408 e. The van der Waals surface area contributed by atoms with Gasteiger partial charge in [-0.15, -0.1) is 11.8 Å². The zero-order valence-corrected chi connectivity index (χ0v) is 13.4. The van der Waals surface area contributed by atoms with Crippen molar-refractivity contribution in [3.05, 3.63) is 30.3 Å². The molecule has 0 saturated carbocycles. The van der Waals surface area contributed by atoms with Crippen LogP contribution in [0.3, 0.4) is 0 Å². The Balaban J connectivity index is 2.68. The molecule has 0 aromatic heterocycles. The normalized spacial score (nSPS) is 14.1. The van der Waals surface area contributed by atoms with Crippen LogP contribution in [-0.4, -0.2) is 34.1 Å². The summed E-state index contributed by atoms with van der Waals surface area (Å²) in [5, 5.41) is 11.4. The molecule has 0 aliphatic rings. The first-order valence-corrected chi connectivity index (χ1v) is 7.51. The second-order valence-corrected chi connectivity index (χ2v) is 7.05. The summed E-state index contributed by atoms with van der Waals surface area (Å²) in [7, 11) is 0. The van der Waals surface area contributed by atoms with Gasteiger partial charge in [0, 0.05) is 10.1 Å². The molecule has 0 radical (unpaired) electrons. The van der Waals surface area contributed by atoms with Gasteiger partial charge in [-0.2, -0.15) is 0 Å². The Bertz CT molecular complexity index is 484. The Morgan fingerprint density at radius 3 is 2.29 bits per heavy atom. The van der Waals surface area contributed by atoms with Gasteiger partial charge in [0.25, 0.3) is 0 Å². The summed E-state index contributed by atoms with van der Waals surface area (Å²) in [6, 6.07) is 8.42. The average Bonchev–Trinajstić information content (AvgIpc) is 2.34. The van der Waals surface area contributed by atoms with Crippen molar-refractivity contribution in [1.29, 1.82) is 0 Å². The number of carbonyl (C=O) groups is 2. The lowest BCUT2D eigenvalue weighted by atomic mass is 10.2. The van der Waals surface area contributed by atoms with Crippen LogP contribution in [0.1, 0.15) is 27.7 Å². The van der Waals surface area contributed by atoms with Crippen molar-refractivity contribution in [2.45, 2.75) is 49.5 Å². The van der Waals surface area contributed by atoms with E-state index >= 15 is 0 Å². The average molecular weight is 311 g/mol. The third kappa shape index (κ3) is 6.53. The number of rotatable bonds is 5. The number of alkyl carbamates (subject to hydrolysis) is 1. The zero-order chi connectivity index (χ0) is 16.0. The van der Waals surface area contributed by atoms with Gasteiger partial charge >= 0.3 is 12.1 Å². The molecule has 1 aromatic rings. The van der Waals surface area contributed by atoms with Crippen LogP contribution < -0.4 is 5.32 Å². The molecule has 21 heavy (non-hydrogen) atoms. The first kappa shape index (κ1) is 17.4. The molecule has 0 unspecified atom stereocenters. The lowest BCUT2D eigenvalue weighted by molar-refractivity contribution is -0.139. The fraction of sp³-hybridized carbons (Fsp3) is 0.467. The van der Waals surface area contributed by atoms with E-state index in [0.717, 1.165) is 4.90 Å². The molecule has 1 rings (SSSR count). The predicted octanol–water partition coefficient (Wildman–Crippen LogP) is 3.15. The molecule has 0 fully saturated rings. The first-order valence-electron chi connectivity index (χ1n) is 6.63. The number of hydrogen-bond acceptors (Lipinski definition) is 4. The predicted molar refractivity (Wildman–Crippen MR) is 82.6 cm³/mol. The number of ether oxygens (including phenoxy) is 1. The SMILES string of the molecule is C[C@H](Sc1ccccc1)[C@H](NC(=O)OC(C)(C)C)C(=O)O. The molecule has 0 saturated heterocycles. The van der Waals surface area contributed by atoms with Gasteiger partial charge in [0.2, 0.25) is 0 Å². The van der Waals surface area contributed by atoms with Crippen LogP contribution in [0.15, 0.2) is 35.2 Å². The molecule has 0 bridgehead atoms. The number of amides is 1. The van der Waals surface area contributed by atoms with Crippen molar-refractivity contribution in [3.63, 3.8) is 0 Å². The quantitative estimate of drug-likeness (QED) is 0.817. The van der Waals surface area contributed by atoms with E-state index in [9.17, 15) is 14.7 Å². The molecular formula is C15H21NO4S. The summed E-state index contributed by atoms with van der Waals surface area (Å²) in [5.74, 6) is -1.09. The largest absolute Gasteiger partial charge is 0.480 e. The van der Waals surface area contributed by atoms with E-state index in [2.05, 4.69) is 5.32 Å². The molecule has 1 aromatic carbocycles. The van der Waals surface area contributed by atoms with E-state index in [1.54, 1.807) is 27.7 Å². The number of aliphatic carboxylic acids is 1. The molecule has 5 nitrogen and oxygen atoms in total. The molecule has 2 atom stereocenters. The maximum Gasteiger partial charge on any atom is 0.408 e. The highest BCUT2D eigenvalue weighted by Crippen LogP contribution is 2.25. The standard InChI is InChI=1S/C15H21NO4S/c1-10(21-11-8-6-5-7-9-11)12(13(17)18)16-14(19)20-15(2,3)4/h5-10,12H,1-4H3,(H,16,19)(H,17,18)/t10-,12-/m0/s1. The monoisotopic (exact) mass is 311 g/mol. The van der Waals surface area contributed by atoms with Crippen LogP contribution >= 0.6 is 11.8 Å². The third-order valence-electron chi connectivity index (χ3n) is 2.47. The fourth-order valence-electron chi connectivity index (χ4n) is 1.60. The van der Waals surface area contributed by atoms with Gasteiger partial charge in [-0.25, -0.2) is 9.59 Å². The van der Waals surface area contributed by atoms with Crippen molar-refractivity contribution < 1.29 is 19.4 Å². The number of carbonyl (C=O) groups excluding carboxylic acids is 1. The third-order valence-corrected chi connectivity index (χ3v) is 3.66. The molecule has 0 aliphatic carbocycles. The van der Waals surface area contributed by atoms with Gasteiger partial charge in [0.1, 0.15) is 11.6 Å². The van der Waals surface area contributed by atoms with Gasteiger partial charge in [-0.1, -0.05) is 25.1 Å². The van der Waals surface area contributed by atoms with Crippen molar-refractivity contribution in [3.8, 4) is 0 Å². The van der Waals surface area contributed by atoms with Gasteiger partial charge in [-0.05, 0) is 32.9 Å².